The number of hydrogen-bond donors (Lipinski definition) is 2. The molecule has 2 rings (SSSR count). The lowest BCUT2D eigenvalue weighted by atomic mass is 10.2. The van der Waals surface area contributed by atoms with Gasteiger partial charge in [-0.1, -0.05) is 11.6 Å². The third-order valence-corrected chi connectivity index (χ3v) is 2.73. The summed E-state index contributed by atoms with van der Waals surface area (Å²) in [6.07, 6.45) is 1.52. The van der Waals surface area contributed by atoms with Gasteiger partial charge in [0.2, 0.25) is 0 Å². The molecule has 0 radical (unpaired) electrons. The third kappa shape index (κ3) is 3.80. The van der Waals surface area contributed by atoms with Gasteiger partial charge in [-0.15, -0.1) is 0 Å². The molecule has 0 aliphatic rings. The Bertz CT molecular complexity index is 641. The van der Waals surface area contributed by atoms with E-state index in [0.29, 0.717) is 10.7 Å². The molecule has 2 N–H and O–H groups in total. The van der Waals surface area contributed by atoms with Crippen LogP contribution in [-0.2, 0) is 0 Å². The number of amides is 3. The molecule has 6 heteroatoms. The number of aromatic nitrogens is 1. The average molecular weight is 290 g/mol. The van der Waals surface area contributed by atoms with Gasteiger partial charge in [-0.3, -0.25) is 15.1 Å². The number of hydrogen-bond acceptors (Lipinski definition) is 3. The molecular weight excluding hydrogens is 278 g/mol. The zero-order valence-electron chi connectivity index (χ0n) is 10.7. The number of imide groups is 1. The quantitative estimate of drug-likeness (QED) is 0.893. The molecule has 2 aromatic rings. The number of benzene rings is 1. The smallest absolute Gasteiger partial charge is 0.308 e. The van der Waals surface area contributed by atoms with Crippen LogP contribution in [0.15, 0.2) is 42.6 Å². The van der Waals surface area contributed by atoms with Crippen molar-refractivity contribution in [2.45, 2.75) is 6.92 Å². The van der Waals surface area contributed by atoms with E-state index in [4.69, 9.17) is 11.6 Å². The Labute approximate surface area is 121 Å². The lowest BCUT2D eigenvalue weighted by Gasteiger charge is -2.06. The average Bonchev–Trinajstić information content (AvgIpc) is 2.41. The summed E-state index contributed by atoms with van der Waals surface area (Å²) in [6.45, 7) is 1.84. The van der Waals surface area contributed by atoms with Crippen LogP contribution in [0.3, 0.4) is 0 Å². The lowest BCUT2D eigenvalue weighted by Crippen LogP contribution is -2.34. The summed E-state index contributed by atoms with van der Waals surface area (Å²) < 4.78 is 0. The van der Waals surface area contributed by atoms with Crippen LogP contribution >= 0.6 is 11.6 Å². The number of nitrogens with zero attached hydrogens (tertiary/aromatic N) is 1. The van der Waals surface area contributed by atoms with E-state index in [1.165, 1.54) is 6.20 Å². The number of carbonyl (C=O) groups excluding carboxylic acids is 2. The molecule has 0 atom stereocenters. The summed E-state index contributed by atoms with van der Waals surface area (Å²) in [5, 5.41) is 5.29. The Hall–Kier alpha value is -2.40. The highest BCUT2D eigenvalue weighted by molar-refractivity contribution is 6.30. The van der Waals surface area contributed by atoms with Crippen LogP contribution in [0.25, 0.3) is 0 Å². The van der Waals surface area contributed by atoms with Crippen molar-refractivity contribution < 1.29 is 9.59 Å². The van der Waals surface area contributed by atoms with Crippen molar-refractivity contribution in [2.75, 3.05) is 5.32 Å². The molecule has 102 valence electrons. The van der Waals surface area contributed by atoms with Crippen LogP contribution in [-0.4, -0.2) is 16.9 Å². The molecule has 1 aromatic heterocycles. The second-order valence-electron chi connectivity index (χ2n) is 4.13. The number of aryl methyl sites for hydroxylation is 1. The van der Waals surface area contributed by atoms with Gasteiger partial charge in [-0.05, 0) is 48.9 Å². The second-order valence-corrected chi connectivity index (χ2v) is 4.57. The predicted octanol–water partition coefficient (Wildman–Crippen LogP) is 3.01. The standard InChI is InChI=1S/C14H12ClN3O2/c1-9-6-7-16-12(8-9)13(19)18-14(20)17-11-4-2-10(15)3-5-11/h2-8H,1H3,(H2,17,18,19,20). The minimum absolute atomic E-state index is 0.191. The van der Waals surface area contributed by atoms with Crippen molar-refractivity contribution in [3.63, 3.8) is 0 Å². The SMILES string of the molecule is Cc1ccnc(C(=O)NC(=O)Nc2ccc(Cl)cc2)c1. The maximum absolute atomic E-state index is 11.8. The fourth-order valence-corrected chi connectivity index (χ4v) is 1.65. The van der Waals surface area contributed by atoms with Crippen LogP contribution in [0, 0.1) is 6.92 Å². The molecule has 0 aliphatic heterocycles. The van der Waals surface area contributed by atoms with Crippen molar-refractivity contribution >= 4 is 29.2 Å². The number of nitrogens with one attached hydrogen (secondary N) is 2. The maximum Gasteiger partial charge on any atom is 0.326 e. The molecule has 1 heterocycles. The molecule has 0 unspecified atom stereocenters. The zero-order chi connectivity index (χ0) is 14.5. The molecular formula is C14H12ClN3O2. The van der Waals surface area contributed by atoms with Gasteiger partial charge < -0.3 is 5.32 Å². The van der Waals surface area contributed by atoms with Gasteiger partial charge in [0, 0.05) is 16.9 Å². The van der Waals surface area contributed by atoms with Gasteiger partial charge >= 0.3 is 6.03 Å². The monoisotopic (exact) mass is 289 g/mol. The van der Waals surface area contributed by atoms with Crippen LogP contribution in [0.2, 0.25) is 5.02 Å². The van der Waals surface area contributed by atoms with Gasteiger partial charge in [0.15, 0.2) is 0 Å². The minimum atomic E-state index is -0.624. The first-order chi connectivity index (χ1) is 9.54. The number of pyridine rings is 1. The van der Waals surface area contributed by atoms with Gasteiger partial charge in [0.05, 0.1) is 0 Å². The van der Waals surface area contributed by atoms with Gasteiger partial charge in [-0.25, -0.2) is 4.79 Å². The van der Waals surface area contributed by atoms with E-state index in [1.807, 2.05) is 6.92 Å². The molecule has 1 aromatic carbocycles. The fourth-order valence-electron chi connectivity index (χ4n) is 1.52. The van der Waals surface area contributed by atoms with E-state index in [9.17, 15) is 9.59 Å². The van der Waals surface area contributed by atoms with Crippen LogP contribution in [0.1, 0.15) is 16.1 Å². The number of rotatable bonds is 2. The van der Waals surface area contributed by atoms with E-state index >= 15 is 0 Å². The summed E-state index contributed by atoms with van der Waals surface area (Å²) in [5.74, 6) is -0.555. The molecule has 0 aliphatic carbocycles. The Balaban J connectivity index is 1.97. The van der Waals surface area contributed by atoms with Gasteiger partial charge in [-0.2, -0.15) is 0 Å². The van der Waals surface area contributed by atoms with E-state index in [1.54, 1.807) is 36.4 Å². The first-order valence-electron chi connectivity index (χ1n) is 5.85. The number of halogens is 1. The van der Waals surface area contributed by atoms with Crippen LogP contribution in [0.4, 0.5) is 10.5 Å². The molecule has 20 heavy (non-hydrogen) atoms. The minimum Gasteiger partial charge on any atom is -0.308 e. The highest BCUT2D eigenvalue weighted by Gasteiger charge is 2.11. The van der Waals surface area contributed by atoms with E-state index in [0.717, 1.165) is 5.56 Å². The third-order valence-electron chi connectivity index (χ3n) is 2.48. The van der Waals surface area contributed by atoms with Crippen molar-refractivity contribution in [1.29, 1.82) is 0 Å². The Morgan fingerprint density at radius 2 is 1.85 bits per heavy atom. The molecule has 0 saturated heterocycles. The van der Waals surface area contributed by atoms with Crippen LogP contribution < -0.4 is 10.6 Å². The zero-order valence-corrected chi connectivity index (χ0v) is 11.4. The first kappa shape index (κ1) is 14.0. The topological polar surface area (TPSA) is 71.1 Å². The summed E-state index contributed by atoms with van der Waals surface area (Å²) in [5.41, 5.74) is 1.62. The number of anilines is 1. The van der Waals surface area contributed by atoms with Crippen molar-refractivity contribution in [3.8, 4) is 0 Å². The molecule has 5 nitrogen and oxygen atoms in total. The Morgan fingerprint density at radius 1 is 1.15 bits per heavy atom. The van der Waals surface area contributed by atoms with Crippen molar-refractivity contribution in [3.05, 3.63) is 58.9 Å². The normalized spacial score (nSPS) is 9.90. The molecule has 3 amide bonds. The van der Waals surface area contributed by atoms with E-state index < -0.39 is 11.9 Å². The molecule has 0 saturated carbocycles. The summed E-state index contributed by atoms with van der Waals surface area (Å²) in [7, 11) is 0. The van der Waals surface area contributed by atoms with Gasteiger partial charge in [0.1, 0.15) is 5.69 Å². The highest BCUT2D eigenvalue weighted by Crippen LogP contribution is 2.13. The first-order valence-corrected chi connectivity index (χ1v) is 6.23. The summed E-state index contributed by atoms with van der Waals surface area (Å²) >= 11 is 5.74. The number of urea groups is 1. The van der Waals surface area contributed by atoms with E-state index in [2.05, 4.69) is 15.6 Å². The molecule has 0 bridgehead atoms. The van der Waals surface area contributed by atoms with Crippen LogP contribution in [0.5, 0.6) is 0 Å². The predicted molar refractivity (Wildman–Crippen MR) is 76.9 cm³/mol. The Morgan fingerprint density at radius 3 is 2.50 bits per heavy atom. The summed E-state index contributed by atoms with van der Waals surface area (Å²) in [4.78, 5) is 27.4. The summed E-state index contributed by atoms with van der Waals surface area (Å²) in [6, 6.07) is 9.30. The highest BCUT2D eigenvalue weighted by atomic mass is 35.5. The fraction of sp³-hybridized carbons (Fsp3) is 0.0714. The van der Waals surface area contributed by atoms with Crippen molar-refractivity contribution in [1.82, 2.24) is 10.3 Å². The lowest BCUT2D eigenvalue weighted by molar-refractivity contribution is 0.0962. The Kier molecular flexibility index (Phi) is 4.32. The second kappa shape index (κ2) is 6.16. The van der Waals surface area contributed by atoms with E-state index in [-0.39, 0.29) is 5.69 Å². The maximum atomic E-state index is 11.8. The van der Waals surface area contributed by atoms with Crippen molar-refractivity contribution in [2.24, 2.45) is 0 Å². The molecule has 0 fully saturated rings. The molecule has 0 spiro atoms. The largest absolute Gasteiger partial charge is 0.326 e. The number of carbonyl (C=O) groups is 2. The van der Waals surface area contributed by atoms with Gasteiger partial charge in [0.25, 0.3) is 5.91 Å².